The molecule has 2 rings (SSSR count). The van der Waals surface area contributed by atoms with Crippen molar-refractivity contribution >= 4 is 39.3 Å². The van der Waals surface area contributed by atoms with Gasteiger partial charge in [0, 0.05) is 26.2 Å². The molecule has 0 saturated carbocycles. The highest BCUT2D eigenvalue weighted by Crippen LogP contribution is 2.48. The maximum atomic E-state index is 12.8. The molecule has 2 amide bonds. The zero-order valence-corrected chi connectivity index (χ0v) is 39.9. The molecule has 0 fully saturated rings. The molecule has 0 aromatic heterocycles. The zero-order chi connectivity index (χ0) is 46.2. The molecule has 0 bridgehead atoms. The Morgan fingerprint density at radius 3 is 1.13 bits per heavy atom. The van der Waals surface area contributed by atoms with Crippen LogP contribution >= 0.6 is 15.2 Å². The highest BCUT2D eigenvalue weighted by Gasteiger charge is 2.28. The summed E-state index contributed by atoms with van der Waals surface area (Å²) in [5.74, 6) is -0.874. The molecular weight excluding hydrogens is 842 g/mol. The Hall–Kier alpha value is -3.78. The van der Waals surface area contributed by atoms with Gasteiger partial charge in [-0.3, -0.25) is 18.7 Å². The van der Waals surface area contributed by atoms with Gasteiger partial charge >= 0.3 is 39.3 Å². The number of hydrogen-bond acceptors (Lipinski definition) is 14. The lowest BCUT2D eigenvalue weighted by Crippen LogP contribution is -2.35. The third-order valence-electron chi connectivity index (χ3n) is 9.35. The summed E-state index contributed by atoms with van der Waals surface area (Å²) in [5, 5.41) is 0. The summed E-state index contributed by atoms with van der Waals surface area (Å²) in [6.07, 6.45) is 3.38. The van der Waals surface area contributed by atoms with Gasteiger partial charge in [-0.25, -0.2) is 9.59 Å². The first-order valence-electron chi connectivity index (χ1n) is 21.5. The molecule has 0 aliphatic heterocycles. The van der Waals surface area contributed by atoms with Crippen LogP contribution in [-0.4, -0.2) is 113 Å². The number of rotatable bonds is 30. The third-order valence-corrected chi connectivity index (χ3v) is 13.5. The Balaban J connectivity index is 0.000000620. The van der Waals surface area contributed by atoms with Crippen LogP contribution in [0, 0.1) is 11.8 Å². The number of ether oxygens (including phenoxy) is 4. The van der Waals surface area contributed by atoms with E-state index < -0.39 is 27.4 Å². The van der Waals surface area contributed by atoms with E-state index in [0.29, 0.717) is 38.8 Å². The van der Waals surface area contributed by atoms with E-state index in [0.717, 1.165) is 24.0 Å². The van der Waals surface area contributed by atoms with Gasteiger partial charge in [-0.05, 0) is 64.5 Å². The fourth-order valence-corrected chi connectivity index (χ4v) is 9.17. The fraction of sp³-hybridized carbons (Fsp3) is 0.636. The highest BCUT2D eigenvalue weighted by molar-refractivity contribution is 7.54. The molecule has 352 valence electrons. The third kappa shape index (κ3) is 24.2. The first-order chi connectivity index (χ1) is 29.7. The molecule has 2 aromatic rings. The van der Waals surface area contributed by atoms with Crippen molar-refractivity contribution in [2.75, 3.05) is 79.1 Å². The summed E-state index contributed by atoms with van der Waals surface area (Å²) >= 11 is 0. The van der Waals surface area contributed by atoms with Gasteiger partial charge in [0.05, 0.1) is 64.8 Å². The van der Waals surface area contributed by atoms with Crippen LogP contribution in [0.3, 0.4) is 0 Å². The number of nitrogens with zero attached hydrogens (tertiary/aromatic N) is 2. The van der Waals surface area contributed by atoms with Gasteiger partial charge in [0.25, 0.3) is 0 Å². The van der Waals surface area contributed by atoms with E-state index in [1.54, 1.807) is 27.7 Å². The molecule has 2 atom stereocenters. The Morgan fingerprint density at radius 1 is 0.516 bits per heavy atom. The van der Waals surface area contributed by atoms with Gasteiger partial charge in [-0.1, -0.05) is 87.4 Å². The summed E-state index contributed by atoms with van der Waals surface area (Å²) in [5.41, 5.74) is 1.77. The summed E-state index contributed by atoms with van der Waals surface area (Å²) in [6.45, 7) is 13.2. The number of esters is 2. The highest BCUT2D eigenvalue weighted by atomic mass is 31.2. The van der Waals surface area contributed by atoms with Crippen LogP contribution < -0.4 is 0 Å². The van der Waals surface area contributed by atoms with Crippen molar-refractivity contribution in [1.82, 2.24) is 9.80 Å². The Morgan fingerprint density at radius 2 is 0.839 bits per heavy atom. The normalized spacial score (nSPS) is 12.3. The van der Waals surface area contributed by atoms with E-state index in [2.05, 4.69) is 0 Å². The van der Waals surface area contributed by atoms with Gasteiger partial charge in [-0.15, -0.1) is 0 Å². The topological polar surface area (TPSA) is 183 Å². The van der Waals surface area contributed by atoms with Crippen LogP contribution in [0.4, 0.5) is 9.59 Å². The fourth-order valence-electron chi connectivity index (χ4n) is 5.96. The second-order valence-corrected chi connectivity index (χ2v) is 18.6. The molecule has 0 saturated heterocycles. The molecule has 62 heavy (non-hydrogen) atoms. The number of benzene rings is 2. The number of unbranched alkanes of at least 4 members (excludes halogenated alkanes) is 2. The molecule has 0 aliphatic rings. The number of amides is 2. The largest absolute Gasteiger partial charge is 0.469 e. The lowest BCUT2D eigenvalue weighted by Gasteiger charge is -2.25. The molecular formula is C44H72N2O14P2. The summed E-state index contributed by atoms with van der Waals surface area (Å²) in [4.78, 5) is 51.5. The minimum atomic E-state index is -3.27. The minimum absolute atomic E-state index is 0.0910. The van der Waals surface area contributed by atoms with Crippen molar-refractivity contribution in [2.24, 2.45) is 11.8 Å². The van der Waals surface area contributed by atoms with E-state index in [1.807, 2.05) is 74.5 Å². The van der Waals surface area contributed by atoms with Gasteiger partial charge in [0.2, 0.25) is 0 Å². The van der Waals surface area contributed by atoms with Crippen molar-refractivity contribution in [1.29, 1.82) is 0 Å². The first-order valence-corrected chi connectivity index (χ1v) is 25.0. The van der Waals surface area contributed by atoms with Gasteiger partial charge < -0.3 is 46.8 Å². The van der Waals surface area contributed by atoms with Crippen LogP contribution in [0.1, 0.15) is 91.2 Å². The van der Waals surface area contributed by atoms with E-state index in [-0.39, 0.29) is 88.8 Å². The Bertz CT molecular complexity index is 1500. The number of carbonyl (C=O) groups is 4. The molecule has 0 heterocycles. The van der Waals surface area contributed by atoms with Crippen LogP contribution in [0.5, 0.6) is 0 Å². The second-order valence-electron chi connectivity index (χ2n) is 14.2. The maximum Gasteiger partial charge on any atom is 0.410 e. The summed E-state index contributed by atoms with van der Waals surface area (Å²) in [6, 6.07) is 18.8. The van der Waals surface area contributed by atoms with Gasteiger partial charge in [-0.2, -0.15) is 0 Å². The second kappa shape index (κ2) is 32.8. The van der Waals surface area contributed by atoms with Crippen LogP contribution in [-0.2, 0) is 69.0 Å². The SMILES string of the molecule is CCOP(=O)(CCN(CCCC[C@@H](C)C(=O)OC)C(=O)OCc1ccccc1)OCC.CCOP(=O)(CCN(CCCC[C@@H](C)C(=O)OC)C(=O)OCc1ccccc1)OCC. The predicted molar refractivity (Wildman–Crippen MR) is 238 cm³/mol. The molecule has 0 aliphatic carbocycles. The molecule has 0 unspecified atom stereocenters. The lowest BCUT2D eigenvalue weighted by atomic mass is 10.0. The summed E-state index contributed by atoms with van der Waals surface area (Å²) < 4.78 is 67.2. The van der Waals surface area contributed by atoms with E-state index in [4.69, 9.17) is 37.0 Å². The predicted octanol–water partition coefficient (Wildman–Crippen LogP) is 9.74. The van der Waals surface area contributed by atoms with Crippen molar-refractivity contribution in [2.45, 2.75) is 93.3 Å². The molecule has 2 aromatic carbocycles. The minimum Gasteiger partial charge on any atom is -0.469 e. The van der Waals surface area contributed by atoms with Gasteiger partial charge in [0.15, 0.2) is 0 Å². The smallest absolute Gasteiger partial charge is 0.410 e. The molecule has 18 heteroatoms. The molecule has 0 N–H and O–H groups in total. The van der Waals surface area contributed by atoms with Crippen LogP contribution in [0.15, 0.2) is 60.7 Å². The molecule has 16 nitrogen and oxygen atoms in total. The quantitative estimate of drug-likeness (QED) is 0.0312. The molecule has 0 radical (unpaired) electrons. The van der Waals surface area contributed by atoms with Crippen LogP contribution in [0.25, 0.3) is 0 Å². The average molecular weight is 915 g/mol. The Kier molecular flexibility index (Phi) is 29.8. The van der Waals surface area contributed by atoms with E-state index in [1.165, 1.54) is 24.0 Å². The number of hydrogen-bond donors (Lipinski definition) is 0. The van der Waals surface area contributed by atoms with Crippen molar-refractivity contribution in [3.8, 4) is 0 Å². The number of methoxy groups -OCH3 is 2. The monoisotopic (exact) mass is 914 g/mol. The summed E-state index contributed by atoms with van der Waals surface area (Å²) in [7, 11) is -3.80. The lowest BCUT2D eigenvalue weighted by molar-refractivity contribution is -0.145. The van der Waals surface area contributed by atoms with Crippen molar-refractivity contribution in [3.05, 3.63) is 71.8 Å². The van der Waals surface area contributed by atoms with Crippen molar-refractivity contribution in [3.63, 3.8) is 0 Å². The molecule has 0 spiro atoms. The standard InChI is InChI=1S/2C22H36NO7P/c2*1-5-29-31(26,30-6-2)17-16-23(15-11-10-12-19(3)21(24)27-4)22(25)28-18-20-13-8-7-9-14-20/h2*7-9,13-14,19H,5-6,10-12,15-18H2,1-4H3/t2*19-/m11/s1. The van der Waals surface area contributed by atoms with Crippen molar-refractivity contribution < 1.29 is 65.4 Å². The van der Waals surface area contributed by atoms with Crippen LogP contribution in [0.2, 0.25) is 0 Å². The number of carbonyl (C=O) groups excluding carboxylic acids is 4. The van der Waals surface area contributed by atoms with E-state index >= 15 is 0 Å². The Labute approximate surface area is 369 Å². The van der Waals surface area contributed by atoms with Gasteiger partial charge in [0.1, 0.15) is 13.2 Å². The average Bonchev–Trinajstić information content (AvgIpc) is 3.27. The van der Waals surface area contributed by atoms with E-state index in [9.17, 15) is 28.3 Å². The zero-order valence-electron chi connectivity index (χ0n) is 38.2. The first kappa shape index (κ1) is 56.2. The maximum absolute atomic E-state index is 12.8.